The van der Waals surface area contributed by atoms with E-state index in [1.54, 1.807) is 0 Å². The quantitative estimate of drug-likeness (QED) is 0.837. The van der Waals surface area contributed by atoms with Gasteiger partial charge in [-0.3, -0.25) is 4.79 Å². The maximum absolute atomic E-state index is 11.5. The zero-order valence-electron chi connectivity index (χ0n) is 8.92. The Morgan fingerprint density at radius 2 is 2.20 bits per heavy atom. The molecule has 0 bridgehead atoms. The number of nitrogens with two attached hydrogens (primary N) is 1. The molecule has 0 heterocycles. The van der Waals surface area contributed by atoms with Gasteiger partial charge in [-0.25, -0.2) is 0 Å². The first-order valence-corrected chi connectivity index (χ1v) is 5.48. The predicted octanol–water partition coefficient (Wildman–Crippen LogP) is 2.50. The topological polar surface area (TPSA) is 43.1 Å². The molecule has 1 aromatic carbocycles. The number of hydrogen-bond donors (Lipinski definition) is 1. The molecule has 15 heavy (non-hydrogen) atoms. The highest BCUT2D eigenvalue weighted by Gasteiger charge is 2.04. The van der Waals surface area contributed by atoms with E-state index in [-0.39, 0.29) is 5.78 Å². The Hall–Kier alpha value is -0.860. The molecule has 2 N–H and O–H groups in total. The van der Waals surface area contributed by atoms with Crippen molar-refractivity contribution in [3.8, 4) is 0 Å². The molecular formula is C12H16ClNO. The van der Waals surface area contributed by atoms with E-state index in [2.05, 4.69) is 0 Å². The third kappa shape index (κ3) is 4.02. The third-order valence-electron chi connectivity index (χ3n) is 2.28. The molecule has 0 radical (unpaired) electrons. The van der Waals surface area contributed by atoms with Crippen LogP contribution in [0.4, 0.5) is 0 Å². The minimum Gasteiger partial charge on any atom is -0.330 e. The van der Waals surface area contributed by atoms with Crippen LogP contribution in [0.3, 0.4) is 0 Å². The summed E-state index contributed by atoms with van der Waals surface area (Å²) in [4.78, 5) is 11.5. The second-order valence-electron chi connectivity index (χ2n) is 3.69. The van der Waals surface area contributed by atoms with E-state index in [0.29, 0.717) is 19.4 Å². The van der Waals surface area contributed by atoms with Gasteiger partial charge in [0.25, 0.3) is 0 Å². The van der Waals surface area contributed by atoms with Crippen molar-refractivity contribution in [2.75, 3.05) is 6.54 Å². The number of hydrogen-bond acceptors (Lipinski definition) is 2. The van der Waals surface area contributed by atoms with Crippen molar-refractivity contribution in [3.63, 3.8) is 0 Å². The summed E-state index contributed by atoms with van der Waals surface area (Å²) < 4.78 is 0. The van der Waals surface area contributed by atoms with Crippen molar-refractivity contribution in [1.29, 1.82) is 0 Å². The van der Waals surface area contributed by atoms with Gasteiger partial charge in [0.15, 0.2) is 0 Å². The standard InChI is InChI=1S/C12H16ClNO/c1-9-7-10(4-5-12(9)13)8-11(15)3-2-6-14/h4-5,7H,2-3,6,8,14H2,1H3. The Morgan fingerprint density at radius 3 is 2.80 bits per heavy atom. The summed E-state index contributed by atoms with van der Waals surface area (Å²) in [5.41, 5.74) is 7.39. The summed E-state index contributed by atoms with van der Waals surface area (Å²) in [7, 11) is 0. The maximum atomic E-state index is 11.5. The molecule has 82 valence electrons. The van der Waals surface area contributed by atoms with Gasteiger partial charge < -0.3 is 5.73 Å². The first kappa shape index (κ1) is 12.2. The Balaban J connectivity index is 2.57. The summed E-state index contributed by atoms with van der Waals surface area (Å²) >= 11 is 5.90. The van der Waals surface area contributed by atoms with Crippen molar-refractivity contribution in [2.45, 2.75) is 26.2 Å². The highest BCUT2D eigenvalue weighted by molar-refractivity contribution is 6.31. The van der Waals surface area contributed by atoms with Crippen LogP contribution in [-0.4, -0.2) is 12.3 Å². The summed E-state index contributed by atoms with van der Waals surface area (Å²) in [5, 5.41) is 0.744. The van der Waals surface area contributed by atoms with Gasteiger partial charge in [0, 0.05) is 17.9 Å². The molecule has 0 spiro atoms. The molecule has 0 aliphatic rings. The fourth-order valence-corrected chi connectivity index (χ4v) is 1.55. The number of carbonyl (C=O) groups excluding carboxylic acids is 1. The van der Waals surface area contributed by atoms with Crippen LogP contribution < -0.4 is 5.73 Å². The molecule has 0 aliphatic carbocycles. The zero-order chi connectivity index (χ0) is 11.3. The predicted molar refractivity (Wildman–Crippen MR) is 63.2 cm³/mol. The fraction of sp³-hybridized carbons (Fsp3) is 0.417. The van der Waals surface area contributed by atoms with Gasteiger partial charge in [0.05, 0.1) is 0 Å². The summed E-state index contributed by atoms with van der Waals surface area (Å²) in [6.07, 6.45) is 1.82. The lowest BCUT2D eigenvalue weighted by Gasteiger charge is -2.03. The smallest absolute Gasteiger partial charge is 0.137 e. The molecule has 0 fully saturated rings. The molecule has 0 aliphatic heterocycles. The molecule has 0 amide bonds. The number of halogens is 1. The number of aryl methyl sites for hydroxylation is 1. The maximum Gasteiger partial charge on any atom is 0.137 e. The van der Waals surface area contributed by atoms with Crippen LogP contribution >= 0.6 is 11.6 Å². The lowest BCUT2D eigenvalue weighted by Crippen LogP contribution is -2.07. The van der Waals surface area contributed by atoms with Crippen LogP contribution in [0.25, 0.3) is 0 Å². The molecule has 3 heteroatoms. The minimum absolute atomic E-state index is 0.238. The second-order valence-corrected chi connectivity index (χ2v) is 4.10. The Bertz CT molecular complexity index is 349. The minimum atomic E-state index is 0.238. The lowest BCUT2D eigenvalue weighted by atomic mass is 10.0. The van der Waals surface area contributed by atoms with Crippen molar-refractivity contribution in [1.82, 2.24) is 0 Å². The van der Waals surface area contributed by atoms with E-state index in [9.17, 15) is 4.79 Å². The Kier molecular flexibility index (Phi) is 4.79. The monoisotopic (exact) mass is 225 g/mol. The molecule has 1 aromatic rings. The molecule has 0 aromatic heterocycles. The molecular weight excluding hydrogens is 210 g/mol. The van der Waals surface area contributed by atoms with E-state index in [4.69, 9.17) is 17.3 Å². The Labute approximate surface area is 95.4 Å². The van der Waals surface area contributed by atoms with Gasteiger partial charge >= 0.3 is 0 Å². The van der Waals surface area contributed by atoms with Crippen molar-refractivity contribution in [2.24, 2.45) is 5.73 Å². The first-order chi connectivity index (χ1) is 7.13. The second kappa shape index (κ2) is 5.89. The number of rotatable bonds is 5. The summed E-state index contributed by atoms with van der Waals surface area (Å²) in [6.45, 7) is 2.52. The Morgan fingerprint density at radius 1 is 1.47 bits per heavy atom. The van der Waals surface area contributed by atoms with Gasteiger partial charge in [-0.1, -0.05) is 23.7 Å². The van der Waals surface area contributed by atoms with E-state index < -0.39 is 0 Å². The van der Waals surface area contributed by atoms with Crippen LogP contribution in [0, 0.1) is 6.92 Å². The van der Waals surface area contributed by atoms with Gasteiger partial charge in [0.2, 0.25) is 0 Å². The van der Waals surface area contributed by atoms with Crippen molar-refractivity contribution < 1.29 is 4.79 Å². The van der Waals surface area contributed by atoms with Crippen LogP contribution in [0.2, 0.25) is 5.02 Å². The number of benzene rings is 1. The van der Waals surface area contributed by atoms with E-state index in [0.717, 1.165) is 22.6 Å². The normalized spacial score (nSPS) is 10.3. The van der Waals surface area contributed by atoms with Gasteiger partial charge in [0.1, 0.15) is 5.78 Å². The number of Topliss-reactive ketones (excluding diaryl/α,β-unsaturated/α-hetero) is 1. The summed E-state index contributed by atoms with van der Waals surface area (Å²) in [6, 6.07) is 5.70. The number of ketones is 1. The van der Waals surface area contributed by atoms with E-state index in [1.807, 2.05) is 25.1 Å². The molecule has 0 unspecified atom stereocenters. The van der Waals surface area contributed by atoms with Gasteiger partial charge in [-0.05, 0) is 37.1 Å². The third-order valence-corrected chi connectivity index (χ3v) is 2.71. The van der Waals surface area contributed by atoms with Crippen LogP contribution in [0.15, 0.2) is 18.2 Å². The van der Waals surface area contributed by atoms with Gasteiger partial charge in [-0.15, -0.1) is 0 Å². The molecule has 0 atom stereocenters. The largest absolute Gasteiger partial charge is 0.330 e. The van der Waals surface area contributed by atoms with E-state index >= 15 is 0 Å². The van der Waals surface area contributed by atoms with E-state index in [1.165, 1.54) is 0 Å². The van der Waals surface area contributed by atoms with Crippen LogP contribution in [0.1, 0.15) is 24.0 Å². The van der Waals surface area contributed by atoms with Crippen LogP contribution in [-0.2, 0) is 11.2 Å². The fourth-order valence-electron chi connectivity index (χ4n) is 1.43. The van der Waals surface area contributed by atoms with Gasteiger partial charge in [-0.2, -0.15) is 0 Å². The average molecular weight is 226 g/mol. The lowest BCUT2D eigenvalue weighted by molar-refractivity contribution is -0.118. The number of carbonyl (C=O) groups is 1. The van der Waals surface area contributed by atoms with Crippen molar-refractivity contribution in [3.05, 3.63) is 34.3 Å². The molecule has 0 saturated carbocycles. The van der Waals surface area contributed by atoms with Crippen LogP contribution in [0.5, 0.6) is 0 Å². The van der Waals surface area contributed by atoms with Crippen molar-refractivity contribution >= 4 is 17.4 Å². The molecule has 0 saturated heterocycles. The zero-order valence-corrected chi connectivity index (χ0v) is 9.68. The first-order valence-electron chi connectivity index (χ1n) is 5.10. The highest BCUT2D eigenvalue weighted by Crippen LogP contribution is 2.17. The SMILES string of the molecule is Cc1cc(CC(=O)CCCN)ccc1Cl. The summed E-state index contributed by atoms with van der Waals surface area (Å²) in [5.74, 6) is 0.238. The molecule has 2 nitrogen and oxygen atoms in total. The average Bonchev–Trinajstić information content (AvgIpc) is 2.20. The molecule has 1 rings (SSSR count). The highest BCUT2D eigenvalue weighted by atomic mass is 35.5.